The van der Waals surface area contributed by atoms with Crippen LogP contribution in [0.15, 0.2) is 18.2 Å². The summed E-state index contributed by atoms with van der Waals surface area (Å²) < 4.78 is 5.40. The van der Waals surface area contributed by atoms with Crippen LogP contribution in [0.4, 0.5) is 16.2 Å². The van der Waals surface area contributed by atoms with E-state index in [0.717, 1.165) is 19.4 Å². The molecule has 0 radical (unpaired) electrons. The van der Waals surface area contributed by atoms with Crippen molar-refractivity contribution in [3.05, 3.63) is 33.9 Å². The molecule has 0 saturated carbocycles. The summed E-state index contributed by atoms with van der Waals surface area (Å²) in [6, 6.07) is 3.98. The van der Waals surface area contributed by atoms with Gasteiger partial charge in [-0.1, -0.05) is 0 Å². The monoisotopic (exact) mass is 279 g/mol. The second-order valence-corrected chi connectivity index (χ2v) is 4.73. The normalized spacial score (nSPS) is 17.8. The zero-order valence-electron chi connectivity index (χ0n) is 11.2. The number of non-ortho nitro benzene ring substituents is 1. The molecule has 2 amide bonds. The van der Waals surface area contributed by atoms with Crippen LogP contribution >= 0.6 is 0 Å². The molecular weight excluding hydrogens is 262 g/mol. The van der Waals surface area contributed by atoms with Crippen LogP contribution in [0.3, 0.4) is 0 Å². The predicted octanol–water partition coefficient (Wildman–Crippen LogP) is 2.20. The number of ether oxygens (including phenoxy) is 1. The van der Waals surface area contributed by atoms with Gasteiger partial charge >= 0.3 is 6.03 Å². The Kier molecular flexibility index (Phi) is 4.52. The second-order valence-electron chi connectivity index (χ2n) is 4.73. The van der Waals surface area contributed by atoms with Gasteiger partial charge in [-0.25, -0.2) is 4.79 Å². The standard InChI is InChI=1S/C13H17N3O4/c1-9-7-10(16(18)19)4-5-12(9)15-13(17)14-8-11-3-2-6-20-11/h4-5,7,11H,2-3,6,8H2,1H3,(H2,14,15,17)/t11-/m0/s1. The van der Waals surface area contributed by atoms with Gasteiger partial charge < -0.3 is 15.4 Å². The Morgan fingerprint density at radius 1 is 1.55 bits per heavy atom. The predicted molar refractivity (Wildman–Crippen MR) is 73.8 cm³/mol. The van der Waals surface area contributed by atoms with Crippen LogP contribution in [-0.4, -0.2) is 30.2 Å². The summed E-state index contributed by atoms with van der Waals surface area (Å²) in [5, 5.41) is 16.0. The molecule has 0 aromatic heterocycles. The Labute approximate surface area is 116 Å². The fourth-order valence-electron chi connectivity index (χ4n) is 2.08. The summed E-state index contributed by atoms with van der Waals surface area (Å²) in [4.78, 5) is 21.9. The number of anilines is 1. The van der Waals surface area contributed by atoms with Gasteiger partial charge in [0, 0.05) is 31.0 Å². The van der Waals surface area contributed by atoms with Crippen molar-refractivity contribution in [1.29, 1.82) is 0 Å². The van der Waals surface area contributed by atoms with E-state index < -0.39 is 4.92 Å². The maximum absolute atomic E-state index is 11.7. The largest absolute Gasteiger partial charge is 0.376 e. The summed E-state index contributed by atoms with van der Waals surface area (Å²) in [7, 11) is 0. The van der Waals surface area contributed by atoms with Gasteiger partial charge in [-0.2, -0.15) is 0 Å². The molecule has 1 atom stereocenters. The minimum atomic E-state index is -0.464. The van der Waals surface area contributed by atoms with Gasteiger partial charge in [-0.15, -0.1) is 0 Å². The van der Waals surface area contributed by atoms with Crippen LogP contribution in [-0.2, 0) is 4.74 Å². The van der Waals surface area contributed by atoms with Crippen LogP contribution < -0.4 is 10.6 Å². The molecule has 7 nitrogen and oxygen atoms in total. The SMILES string of the molecule is Cc1cc([N+](=O)[O-])ccc1NC(=O)NC[C@@H]1CCCO1. The average Bonchev–Trinajstić information content (AvgIpc) is 2.91. The molecule has 1 fully saturated rings. The minimum Gasteiger partial charge on any atom is -0.376 e. The summed E-state index contributed by atoms with van der Waals surface area (Å²) in [6.07, 6.45) is 2.06. The van der Waals surface area contributed by atoms with E-state index in [0.29, 0.717) is 17.8 Å². The van der Waals surface area contributed by atoms with E-state index in [1.54, 1.807) is 6.92 Å². The van der Waals surface area contributed by atoms with Crippen LogP contribution in [0.25, 0.3) is 0 Å². The van der Waals surface area contributed by atoms with Crippen molar-refractivity contribution in [1.82, 2.24) is 5.32 Å². The second kappa shape index (κ2) is 6.33. The Bertz CT molecular complexity index is 512. The lowest BCUT2D eigenvalue weighted by Gasteiger charge is -2.12. The van der Waals surface area contributed by atoms with Gasteiger partial charge in [-0.3, -0.25) is 10.1 Å². The molecule has 1 aromatic carbocycles. The molecule has 1 aromatic rings. The van der Waals surface area contributed by atoms with Crippen LogP contribution in [0.5, 0.6) is 0 Å². The lowest BCUT2D eigenvalue weighted by molar-refractivity contribution is -0.384. The van der Waals surface area contributed by atoms with Crippen molar-refractivity contribution in [2.45, 2.75) is 25.9 Å². The summed E-state index contributed by atoms with van der Waals surface area (Å²) in [5.41, 5.74) is 1.21. The molecule has 20 heavy (non-hydrogen) atoms. The molecule has 0 unspecified atom stereocenters. The number of hydrogen-bond donors (Lipinski definition) is 2. The number of carbonyl (C=O) groups is 1. The first kappa shape index (κ1) is 14.3. The first-order valence-electron chi connectivity index (χ1n) is 6.48. The summed E-state index contributed by atoms with van der Waals surface area (Å²) in [6.45, 7) is 2.93. The number of hydrogen-bond acceptors (Lipinski definition) is 4. The molecule has 0 bridgehead atoms. The zero-order valence-corrected chi connectivity index (χ0v) is 11.2. The van der Waals surface area contributed by atoms with Gasteiger partial charge in [0.05, 0.1) is 11.0 Å². The van der Waals surface area contributed by atoms with Crippen molar-refractivity contribution >= 4 is 17.4 Å². The van der Waals surface area contributed by atoms with Gasteiger partial charge in [0.1, 0.15) is 0 Å². The molecule has 108 valence electrons. The number of amides is 2. The van der Waals surface area contributed by atoms with Crippen molar-refractivity contribution in [2.75, 3.05) is 18.5 Å². The fourth-order valence-corrected chi connectivity index (χ4v) is 2.08. The minimum absolute atomic E-state index is 0.00723. The average molecular weight is 279 g/mol. The third-order valence-corrected chi connectivity index (χ3v) is 3.18. The van der Waals surface area contributed by atoms with Crippen molar-refractivity contribution in [2.24, 2.45) is 0 Å². The molecule has 0 spiro atoms. The molecular formula is C13H17N3O4. The van der Waals surface area contributed by atoms with Gasteiger partial charge in [0.2, 0.25) is 0 Å². The third-order valence-electron chi connectivity index (χ3n) is 3.18. The maximum atomic E-state index is 11.7. The maximum Gasteiger partial charge on any atom is 0.319 e. The van der Waals surface area contributed by atoms with E-state index in [1.165, 1.54) is 18.2 Å². The Hall–Kier alpha value is -2.15. The van der Waals surface area contributed by atoms with Crippen molar-refractivity contribution in [3.8, 4) is 0 Å². The first-order valence-corrected chi connectivity index (χ1v) is 6.48. The molecule has 2 N–H and O–H groups in total. The molecule has 1 saturated heterocycles. The molecule has 1 aliphatic heterocycles. The van der Waals surface area contributed by atoms with E-state index in [4.69, 9.17) is 4.74 Å². The number of carbonyl (C=O) groups excluding carboxylic acids is 1. The Morgan fingerprint density at radius 2 is 2.35 bits per heavy atom. The topological polar surface area (TPSA) is 93.5 Å². The quantitative estimate of drug-likeness (QED) is 0.652. The number of nitro benzene ring substituents is 1. The molecule has 7 heteroatoms. The van der Waals surface area contributed by atoms with E-state index in [1.807, 2.05) is 0 Å². The Balaban J connectivity index is 1.88. The summed E-state index contributed by atoms with van der Waals surface area (Å²) >= 11 is 0. The van der Waals surface area contributed by atoms with Crippen molar-refractivity contribution in [3.63, 3.8) is 0 Å². The highest BCUT2D eigenvalue weighted by atomic mass is 16.6. The number of nitro groups is 1. The zero-order chi connectivity index (χ0) is 14.5. The highest BCUT2D eigenvalue weighted by molar-refractivity contribution is 5.90. The van der Waals surface area contributed by atoms with Crippen LogP contribution in [0.1, 0.15) is 18.4 Å². The lowest BCUT2D eigenvalue weighted by atomic mass is 10.2. The molecule has 1 heterocycles. The number of benzene rings is 1. The van der Waals surface area contributed by atoms with Gasteiger partial charge in [0.25, 0.3) is 5.69 Å². The van der Waals surface area contributed by atoms with Gasteiger partial charge in [-0.05, 0) is 31.4 Å². The molecule has 0 aliphatic carbocycles. The smallest absolute Gasteiger partial charge is 0.319 e. The van der Waals surface area contributed by atoms with E-state index in [9.17, 15) is 14.9 Å². The van der Waals surface area contributed by atoms with E-state index >= 15 is 0 Å². The lowest BCUT2D eigenvalue weighted by Crippen LogP contribution is -2.35. The van der Waals surface area contributed by atoms with E-state index in [-0.39, 0.29) is 17.8 Å². The highest BCUT2D eigenvalue weighted by Gasteiger charge is 2.16. The number of aryl methyl sites for hydroxylation is 1. The number of urea groups is 1. The molecule has 2 rings (SSSR count). The number of nitrogens with zero attached hydrogens (tertiary/aromatic N) is 1. The highest BCUT2D eigenvalue weighted by Crippen LogP contribution is 2.21. The van der Waals surface area contributed by atoms with Crippen LogP contribution in [0, 0.1) is 17.0 Å². The Morgan fingerprint density at radius 3 is 2.95 bits per heavy atom. The third kappa shape index (κ3) is 3.67. The first-order chi connectivity index (χ1) is 9.56. The summed E-state index contributed by atoms with van der Waals surface area (Å²) in [5.74, 6) is 0. The number of rotatable bonds is 4. The fraction of sp³-hybridized carbons (Fsp3) is 0.462. The molecule has 1 aliphatic rings. The van der Waals surface area contributed by atoms with Crippen LogP contribution in [0.2, 0.25) is 0 Å². The number of nitrogens with one attached hydrogen (secondary N) is 2. The van der Waals surface area contributed by atoms with Crippen molar-refractivity contribution < 1.29 is 14.5 Å². The van der Waals surface area contributed by atoms with Gasteiger partial charge in [0.15, 0.2) is 0 Å². The van der Waals surface area contributed by atoms with E-state index in [2.05, 4.69) is 10.6 Å².